The summed E-state index contributed by atoms with van der Waals surface area (Å²) in [6.07, 6.45) is -13.0. The predicted molar refractivity (Wildman–Crippen MR) is 95.9 cm³/mol. The third kappa shape index (κ3) is 4.91. The average Bonchev–Trinajstić information content (AvgIpc) is 3.47. The average molecular weight is 488 g/mol. The number of epoxide rings is 1. The smallest absolute Gasteiger partial charge is 0.438 e. The Balaban J connectivity index is 2.05. The number of esters is 1. The number of fused-ring (bicyclic) bond motifs is 1. The minimum atomic E-state index is -6.42. The maximum Gasteiger partial charge on any atom is 0.438 e. The second-order valence-electron chi connectivity index (χ2n) is 6.86. The number of rotatable bonds is 7. The van der Waals surface area contributed by atoms with E-state index in [0.717, 1.165) is 12.1 Å². The van der Waals surface area contributed by atoms with E-state index in [4.69, 9.17) is 14.0 Å². The van der Waals surface area contributed by atoms with Gasteiger partial charge in [-0.05, 0) is 17.5 Å². The summed E-state index contributed by atoms with van der Waals surface area (Å²) in [6.45, 7) is 0.598. The summed E-state index contributed by atoms with van der Waals surface area (Å²) >= 11 is 0. The Morgan fingerprint density at radius 1 is 1.03 bits per heavy atom. The summed E-state index contributed by atoms with van der Waals surface area (Å²) in [7, 11) is -5.88. The number of alkyl halides is 6. The van der Waals surface area contributed by atoms with Gasteiger partial charge < -0.3 is 14.2 Å². The van der Waals surface area contributed by atoms with E-state index in [1.807, 2.05) is 0 Å². The summed E-state index contributed by atoms with van der Waals surface area (Å²) in [6, 6.07) is 7.54. The van der Waals surface area contributed by atoms with E-state index in [1.165, 1.54) is 24.3 Å². The van der Waals surface area contributed by atoms with E-state index in [-0.39, 0.29) is 29.2 Å². The molecule has 7 nitrogen and oxygen atoms in total. The SMILES string of the molecule is O=C(OC(CS(=O)(=O)O)(C(F)(F)F)C(F)(F)F)c1ccc(OCC2CO2)c2ccccc12. The van der Waals surface area contributed by atoms with Crippen LogP contribution in [0.2, 0.25) is 0 Å². The fraction of sp³-hybridized carbons (Fsp3) is 0.389. The first kappa shape index (κ1) is 24.1. The van der Waals surface area contributed by atoms with E-state index in [2.05, 4.69) is 4.74 Å². The molecule has 1 atom stereocenters. The molecule has 1 saturated heterocycles. The Hall–Kier alpha value is -2.58. The van der Waals surface area contributed by atoms with Gasteiger partial charge in [0.2, 0.25) is 0 Å². The number of halogens is 6. The van der Waals surface area contributed by atoms with Crippen LogP contribution in [0.5, 0.6) is 5.75 Å². The zero-order valence-corrected chi connectivity index (χ0v) is 16.6. The van der Waals surface area contributed by atoms with Crippen molar-refractivity contribution in [3.8, 4) is 5.75 Å². The lowest BCUT2D eigenvalue weighted by Crippen LogP contribution is -2.63. The summed E-state index contributed by atoms with van der Waals surface area (Å²) in [5, 5.41) is 0.0822. The number of hydrogen-bond donors (Lipinski definition) is 1. The number of benzene rings is 2. The molecule has 3 rings (SSSR count). The monoisotopic (exact) mass is 488 g/mol. The first-order chi connectivity index (χ1) is 14.6. The molecule has 14 heteroatoms. The maximum atomic E-state index is 13.4. The van der Waals surface area contributed by atoms with Gasteiger partial charge in [-0.3, -0.25) is 4.55 Å². The minimum absolute atomic E-state index is 0.100. The highest BCUT2D eigenvalue weighted by molar-refractivity contribution is 7.85. The van der Waals surface area contributed by atoms with Gasteiger partial charge >= 0.3 is 23.9 Å². The Labute approximate surface area is 176 Å². The van der Waals surface area contributed by atoms with Crippen molar-refractivity contribution in [2.24, 2.45) is 0 Å². The largest absolute Gasteiger partial charge is 0.490 e. The molecule has 1 N–H and O–H groups in total. The van der Waals surface area contributed by atoms with Crippen LogP contribution in [0, 0.1) is 0 Å². The molecule has 0 saturated carbocycles. The molecule has 0 spiro atoms. The van der Waals surface area contributed by atoms with Gasteiger partial charge in [-0.25, -0.2) is 4.79 Å². The Kier molecular flexibility index (Phi) is 6.08. The molecule has 2 aromatic carbocycles. The molecule has 0 amide bonds. The van der Waals surface area contributed by atoms with Gasteiger partial charge in [0.25, 0.3) is 10.1 Å². The van der Waals surface area contributed by atoms with Gasteiger partial charge in [-0.15, -0.1) is 0 Å². The van der Waals surface area contributed by atoms with Crippen molar-refractivity contribution < 1.29 is 58.3 Å². The van der Waals surface area contributed by atoms with Crippen molar-refractivity contribution in [3.63, 3.8) is 0 Å². The van der Waals surface area contributed by atoms with Crippen molar-refractivity contribution in [1.82, 2.24) is 0 Å². The number of carbonyl (C=O) groups excluding carboxylic acids is 1. The van der Waals surface area contributed by atoms with Crippen LogP contribution in [0.4, 0.5) is 26.3 Å². The Bertz CT molecular complexity index is 1110. The molecule has 2 aromatic rings. The minimum Gasteiger partial charge on any atom is -0.490 e. The molecule has 0 bridgehead atoms. The van der Waals surface area contributed by atoms with Crippen LogP contribution in [0.15, 0.2) is 36.4 Å². The van der Waals surface area contributed by atoms with Gasteiger partial charge in [-0.2, -0.15) is 34.8 Å². The summed E-state index contributed by atoms with van der Waals surface area (Å²) < 4.78 is 126. The van der Waals surface area contributed by atoms with E-state index in [1.54, 1.807) is 0 Å². The topological polar surface area (TPSA) is 102 Å². The zero-order valence-electron chi connectivity index (χ0n) is 15.7. The Morgan fingerprint density at radius 3 is 2.09 bits per heavy atom. The van der Waals surface area contributed by atoms with Crippen molar-refractivity contribution >= 4 is 26.9 Å². The predicted octanol–water partition coefficient (Wildman–Crippen LogP) is 3.53. The van der Waals surface area contributed by atoms with Crippen LogP contribution in [0.1, 0.15) is 10.4 Å². The van der Waals surface area contributed by atoms with E-state index in [9.17, 15) is 39.6 Å². The first-order valence-corrected chi connectivity index (χ1v) is 10.3. The fourth-order valence-electron chi connectivity index (χ4n) is 2.86. The van der Waals surface area contributed by atoms with E-state index >= 15 is 0 Å². The van der Waals surface area contributed by atoms with Crippen LogP contribution in [-0.4, -0.2) is 62.0 Å². The number of hydrogen-bond acceptors (Lipinski definition) is 6. The van der Waals surface area contributed by atoms with Crippen molar-refractivity contribution in [2.45, 2.75) is 24.1 Å². The first-order valence-electron chi connectivity index (χ1n) is 8.73. The zero-order chi connectivity index (χ0) is 23.9. The van der Waals surface area contributed by atoms with E-state index in [0.29, 0.717) is 6.61 Å². The second-order valence-corrected chi connectivity index (χ2v) is 8.31. The molecule has 1 aliphatic rings. The lowest BCUT2D eigenvalue weighted by atomic mass is 10.0. The molecular formula is C18H14F6O7S. The summed E-state index contributed by atoms with van der Waals surface area (Å²) in [5.74, 6) is -4.88. The lowest BCUT2D eigenvalue weighted by Gasteiger charge is -2.35. The van der Waals surface area contributed by atoms with Gasteiger partial charge in [-0.1, -0.05) is 24.3 Å². The van der Waals surface area contributed by atoms with E-state index < -0.39 is 45.4 Å². The normalized spacial score (nSPS) is 17.3. The van der Waals surface area contributed by atoms with Crippen molar-refractivity contribution in [2.75, 3.05) is 19.0 Å². The molecule has 1 unspecified atom stereocenters. The lowest BCUT2D eigenvalue weighted by molar-refractivity contribution is -0.356. The van der Waals surface area contributed by atoms with Gasteiger partial charge in [0.15, 0.2) is 0 Å². The molecule has 1 fully saturated rings. The van der Waals surface area contributed by atoms with Gasteiger partial charge in [0, 0.05) is 5.39 Å². The molecular weight excluding hydrogens is 474 g/mol. The van der Waals surface area contributed by atoms with Crippen LogP contribution >= 0.6 is 0 Å². The van der Waals surface area contributed by atoms with Crippen LogP contribution in [-0.2, 0) is 19.6 Å². The standard InChI is InChI=1S/C18H14F6O7S/c19-17(20,21)16(18(22,23)24,9-32(26,27)28)31-15(25)13-5-6-14(30-8-10-7-29-10)12-4-2-1-3-11(12)13/h1-6,10H,7-9H2,(H,26,27,28). The molecule has 0 radical (unpaired) electrons. The molecule has 1 aliphatic heterocycles. The van der Waals surface area contributed by atoms with Crippen molar-refractivity contribution in [1.29, 1.82) is 0 Å². The van der Waals surface area contributed by atoms with Crippen LogP contribution in [0.3, 0.4) is 0 Å². The highest BCUT2D eigenvalue weighted by Gasteiger charge is 2.76. The maximum absolute atomic E-state index is 13.4. The van der Waals surface area contributed by atoms with Gasteiger partial charge in [0.05, 0.1) is 12.2 Å². The molecule has 0 aliphatic carbocycles. The third-order valence-electron chi connectivity index (χ3n) is 4.50. The third-order valence-corrected chi connectivity index (χ3v) is 5.27. The summed E-state index contributed by atoms with van der Waals surface area (Å²) in [5.41, 5.74) is -6.20. The highest BCUT2D eigenvalue weighted by Crippen LogP contribution is 2.47. The molecule has 0 aromatic heterocycles. The highest BCUT2D eigenvalue weighted by atomic mass is 32.2. The fourth-order valence-corrected chi connectivity index (χ4v) is 3.76. The quantitative estimate of drug-likeness (QED) is 0.275. The van der Waals surface area contributed by atoms with Gasteiger partial charge in [0.1, 0.15) is 24.2 Å². The molecule has 1 heterocycles. The second kappa shape index (κ2) is 8.08. The molecule has 32 heavy (non-hydrogen) atoms. The number of carbonyl (C=O) groups is 1. The molecule has 176 valence electrons. The summed E-state index contributed by atoms with van der Waals surface area (Å²) in [4.78, 5) is 12.5. The number of ether oxygens (including phenoxy) is 3. The van der Waals surface area contributed by atoms with Crippen molar-refractivity contribution in [3.05, 3.63) is 42.0 Å². The van der Waals surface area contributed by atoms with Crippen LogP contribution in [0.25, 0.3) is 10.8 Å². The Morgan fingerprint density at radius 2 is 1.59 bits per heavy atom. The van der Waals surface area contributed by atoms with Crippen LogP contribution < -0.4 is 4.74 Å².